The third-order valence-electron chi connectivity index (χ3n) is 7.71. The third kappa shape index (κ3) is 13.1. The maximum absolute atomic E-state index is 12.6. The van der Waals surface area contributed by atoms with Crippen molar-refractivity contribution in [2.75, 3.05) is 53.6 Å². The molecule has 0 spiro atoms. The average molecular weight is 572 g/mol. The van der Waals surface area contributed by atoms with E-state index in [0.29, 0.717) is 44.3 Å². The van der Waals surface area contributed by atoms with Gasteiger partial charge in [-0.3, -0.25) is 4.79 Å². The molecule has 0 radical (unpaired) electrons. The van der Waals surface area contributed by atoms with Crippen LogP contribution >= 0.6 is 12.4 Å². The van der Waals surface area contributed by atoms with E-state index in [4.69, 9.17) is 19.9 Å². The number of piperidine rings is 1. The van der Waals surface area contributed by atoms with E-state index in [2.05, 4.69) is 30.1 Å². The molecule has 226 valence electrons. The number of nitrogens with zero attached hydrogens (tertiary/aromatic N) is 1. The minimum absolute atomic E-state index is 0. The molecule has 2 rings (SSSR count). The summed E-state index contributed by atoms with van der Waals surface area (Å²) in [6.45, 7) is 11.2. The first-order valence-corrected chi connectivity index (χ1v) is 14.5. The first-order chi connectivity index (χ1) is 18.2. The average Bonchev–Trinajstić information content (AvgIpc) is 2.91. The van der Waals surface area contributed by atoms with Gasteiger partial charge in [-0.05, 0) is 74.7 Å². The van der Waals surface area contributed by atoms with Gasteiger partial charge in [0, 0.05) is 45.2 Å². The minimum Gasteiger partial charge on any atom is -0.493 e. The second kappa shape index (κ2) is 19.5. The molecule has 1 aromatic carbocycles. The standard InChI is InChI=1S/C30H53N3O5.ClH/c1-22(2)25(19-24-10-11-28(37-5)29(20-24)38-17-9-16-36-4)21-26(31)27(34)18-23(3)30(35)32-12-15-33-13-7-6-8-14-33;/h10-11,20,22-23,25-27,34H,6-9,12-19,21,31H2,1-5H3,(H,32,35);1H/t23-,25+,26+,27+;/m1./s1. The fraction of sp³-hybridized carbons (Fsp3) is 0.767. The predicted octanol–water partition coefficient (Wildman–Crippen LogP) is 4.05. The lowest BCUT2D eigenvalue weighted by molar-refractivity contribution is -0.125. The number of carbonyl (C=O) groups is 1. The van der Waals surface area contributed by atoms with Gasteiger partial charge in [0.2, 0.25) is 5.91 Å². The highest BCUT2D eigenvalue weighted by atomic mass is 35.5. The van der Waals surface area contributed by atoms with Gasteiger partial charge in [0.1, 0.15) is 0 Å². The topological polar surface area (TPSA) is 106 Å². The first-order valence-electron chi connectivity index (χ1n) is 14.5. The summed E-state index contributed by atoms with van der Waals surface area (Å²) in [5.74, 6) is 1.81. The Labute approximate surface area is 242 Å². The van der Waals surface area contributed by atoms with Gasteiger partial charge in [0.05, 0.1) is 19.8 Å². The van der Waals surface area contributed by atoms with Crippen LogP contribution in [0.5, 0.6) is 11.5 Å². The van der Waals surface area contributed by atoms with Crippen LogP contribution in [0.3, 0.4) is 0 Å². The van der Waals surface area contributed by atoms with Crippen LogP contribution in [0.2, 0.25) is 0 Å². The molecule has 1 amide bonds. The molecule has 0 aromatic heterocycles. The normalized spacial score (nSPS) is 17.1. The van der Waals surface area contributed by atoms with E-state index in [9.17, 15) is 9.90 Å². The number of aliphatic hydroxyl groups is 1. The molecule has 1 heterocycles. The molecule has 0 unspecified atom stereocenters. The van der Waals surface area contributed by atoms with Crippen molar-refractivity contribution in [3.8, 4) is 11.5 Å². The second-order valence-electron chi connectivity index (χ2n) is 11.2. The number of aliphatic hydroxyl groups excluding tert-OH is 1. The zero-order chi connectivity index (χ0) is 27.9. The van der Waals surface area contributed by atoms with Gasteiger partial charge >= 0.3 is 0 Å². The zero-order valence-corrected chi connectivity index (χ0v) is 25.6. The van der Waals surface area contributed by atoms with E-state index in [1.807, 2.05) is 19.1 Å². The molecule has 0 aliphatic carbocycles. The van der Waals surface area contributed by atoms with E-state index in [0.717, 1.165) is 43.8 Å². The molecule has 1 aliphatic heterocycles. The highest BCUT2D eigenvalue weighted by Crippen LogP contribution is 2.31. The molecule has 1 aromatic rings. The van der Waals surface area contributed by atoms with Crippen LogP contribution in [-0.4, -0.2) is 81.7 Å². The van der Waals surface area contributed by atoms with Crippen LogP contribution in [0, 0.1) is 17.8 Å². The Balaban J connectivity index is 0.00000760. The molecule has 1 fully saturated rings. The molecule has 39 heavy (non-hydrogen) atoms. The molecule has 9 heteroatoms. The molecule has 1 saturated heterocycles. The number of halogens is 1. The molecule has 0 saturated carbocycles. The summed E-state index contributed by atoms with van der Waals surface area (Å²) < 4.78 is 16.5. The smallest absolute Gasteiger partial charge is 0.222 e. The Hall–Kier alpha value is -1.58. The van der Waals surface area contributed by atoms with Crippen molar-refractivity contribution in [3.63, 3.8) is 0 Å². The number of ether oxygens (including phenoxy) is 3. The molecule has 8 nitrogen and oxygen atoms in total. The van der Waals surface area contributed by atoms with E-state index in [-0.39, 0.29) is 30.2 Å². The Bertz CT molecular complexity index is 807. The minimum atomic E-state index is -0.727. The summed E-state index contributed by atoms with van der Waals surface area (Å²) in [5.41, 5.74) is 7.63. The number of methoxy groups -OCH3 is 2. The monoisotopic (exact) mass is 571 g/mol. The summed E-state index contributed by atoms with van der Waals surface area (Å²) in [4.78, 5) is 15.0. The lowest BCUT2D eigenvalue weighted by Crippen LogP contribution is -2.42. The van der Waals surface area contributed by atoms with Gasteiger partial charge in [-0.15, -0.1) is 12.4 Å². The molecule has 4 atom stereocenters. The summed E-state index contributed by atoms with van der Waals surface area (Å²) >= 11 is 0. The molecular formula is C30H54ClN3O5. The lowest BCUT2D eigenvalue weighted by Gasteiger charge is -2.29. The molecule has 4 N–H and O–H groups in total. The van der Waals surface area contributed by atoms with Crippen molar-refractivity contribution >= 4 is 18.3 Å². The summed E-state index contributed by atoms with van der Waals surface area (Å²) in [7, 11) is 3.33. The zero-order valence-electron chi connectivity index (χ0n) is 24.8. The van der Waals surface area contributed by atoms with Gasteiger partial charge < -0.3 is 35.3 Å². The molecular weight excluding hydrogens is 518 g/mol. The van der Waals surface area contributed by atoms with Gasteiger partial charge in [0.15, 0.2) is 11.5 Å². The first kappa shape index (κ1) is 35.4. The third-order valence-corrected chi connectivity index (χ3v) is 7.71. The Kier molecular flexibility index (Phi) is 17.7. The summed E-state index contributed by atoms with van der Waals surface area (Å²) in [5, 5.41) is 13.9. The van der Waals surface area contributed by atoms with Crippen molar-refractivity contribution < 1.29 is 24.1 Å². The number of hydrogen-bond acceptors (Lipinski definition) is 7. The molecule has 0 bridgehead atoms. The number of nitrogens with two attached hydrogens (primary N) is 1. The van der Waals surface area contributed by atoms with E-state index < -0.39 is 12.1 Å². The SMILES string of the molecule is COCCCOc1cc(C[C@@H](C[C@H](N)[C@@H](O)C[C@@H](C)C(=O)NCCN2CCCCC2)C(C)C)ccc1OC.Cl. The maximum Gasteiger partial charge on any atom is 0.222 e. The Morgan fingerprint density at radius 2 is 1.79 bits per heavy atom. The van der Waals surface area contributed by atoms with Crippen molar-refractivity contribution in [1.82, 2.24) is 10.2 Å². The van der Waals surface area contributed by atoms with Gasteiger partial charge in [-0.25, -0.2) is 0 Å². The van der Waals surface area contributed by atoms with Gasteiger partial charge in [0.25, 0.3) is 0 Å². The van der Waals surface area contributed by atoms with Crippen molar-refractivity contribution in [2.24, 2.45) is 23.5 Å². The van der Waals surface area contributed by atoms with E-state index in [1.54, 1.807) is 14.2 Å². The summed E-state index contributed by atoms with van der Waals surface area (Å²) in [6, 6.07) is 5.65. The Morgan fingerprint density at radius 3 is 2.44 bits per heavy atom. The number of benzene rings is 1. The number of hydrogen-bond donors (Lipinski definition) is 3. The Morgan fingerprint density at radius 1 is 1.08 bits per heavy atom. The van der Waals surface area contributed by atoms with Crippen molar-refractivity contribution in [1.29, 1.82) is 0 Å². The summed E-state index contributed by atoms with van der Waals surface area (Å²) in [6.07, 6.45) is 5.74. The van der Waals surface area contributed by atoms with Crippen LogP contribution in [0.4, 0.5) is 0 Å². The number of amides is 1. The quantitative estimate of drug-likeness (QED) is 0.228. The van der Waals surface area contributed by atoms with E-state index in [1.165, 1.54) is 19.3 Å². The van der Waals surface area contributed by atoms with E-state index >= 15 is 0 Å². The maximum atomic E-state index is 12.6. The highest BCUT2D eigenvalue weighted by Gasteiger charge is 2.26. The van der Waals surface area contributed by atoms with Crippen molar-refractivity contribution in [3.05, 3.63) is 23.8 Å². The van der Waals surface area contributed by atoms with Crippen LogP contribution in [0.1, 0.15) is 64.9 Å². The fourth-order valence-corrected chi connectivity index (χ4v) is 5.09. The number of rotatable bonds is 18. The van der Waals surface area contributed by atoms with Crippen LogP contribution < -0.4 is 20.5 Å². The molecule has 1 aliphatic rings. The van der Waals surface area contributed by atoms with Gasteiger partial charge in [-0.2, -0.15) is 0 Å². The number of likely N-dealkylation sites (tertiary alicyclic amines) is 1. The number of carbonyl (C=O) groups excluding carboxylic acids is 1. The lowest BCUT2D eigenvalue weighted by atomic mass is 9.82. The van der Waals surface area contributed by atoms with Crippen LogP contribution in [0.25, 0.3) is 0 Å². The number of nitrogens with one attached hydrogen (secondary N) is 1. The van der Waals surface area contributed by atoms with Gasteiger partial charge in [-0.1, -0.05) is 33.3 Å². The fourth-order valence-electron chi connectivity index (χ4n) is 5.09. The van der Waals surface area contributed by atoms with Crippen LogP contribution in [0.15, 0.2) is 18.2 Å². The predicted molar refractivity (Wildman–Crippen MR) is 160 cm³/mol. The van der Waals surface area contributed by atoms with Crippen molar-refractivity contribution in [2.45, 2.75) is 77.9 Å². The largest absolute Gasteiger partial charge is 0.493 e. The second-order valence-corrected chi connectivity index (χ2v) is 11.2. The van der Waals surface area contributed by atoms with Crippen LogP contribution in [-0.2, 0) is 16.0 Å². The highest BCUT2D eigenvalue weighted by molar-refractivity contribution is 5.85.